The molecule has 2 heterocycles. The van der Waals surface area contributed by atoms with Crippen molar-refractivity contribution in [3.05, 3.63) is 23.3 Å². The smallest absolute Gasteiger partial charge is 0.161 e. The Bertz CT molecular complexity index is 643. The van der Waals surface area contributed by atoms with E-state index in [2.05, 4.69) is 44.7 Å². The number of methoxy groups -OCH3 is 2. The number of fused-ring (bicyclic) bond motifs is 3. The molecule has 2 aliphatic rings. The van der Waals surface area contributed by atoms with Crippen LogP contribution in [0, 0.1) is 23.7 Å². The average Bonchev–Trinajstić information content (AvgIpc) is 2.66. The third-order valence-electron chi connectivity index (χ3n) is 6.33. The quantitative estimate of drug-likeness (QED) is 0.629. The molecule has 0 aromatic heterocycles. The van der Waals surface area contributed by atoms with Gasteiger partial charge in [0.2, 0.25) is 0 Å². The standard InChI is InChI=1S/C24H39NO3/c1-16(2)9-19-13-25-8-7-18-11-23(26-5)24(27-6)12-21(18)22(25)10-20(19)15-28-14-17(3)4/h11-12,16-17,19-20,22H,7-10,13-15H2,1-6H3/t19?,20-,22?/m0/s1. The summed E-state index contributed by atoms with van der Waals surface area (Å²) in [5.41, 5.74) is 2.85. The number of nitrogens with zero attached hydrogens (tertiary/aromatic N) is 1. The maximum absolute atomic E-state index is 6.13. The van der Waals surface area contributed by atoms with Crippen molar-refractivity contribution >= 4 is 0 Å². The molecule has 2 unspecified atom stereocenters. The Morgan fingerprint density at radius 1 is 1.00 bits per heavy atom. The summed E-state index contributed by atoms with van der Waals surface area (Å²) in [4.78, 5) is 2.71. The minimum Gasteiger partial charge on any atom is -0.493 e. The van der Waals surface area contributed by atoms with Crippen molar-refractivity contribution in [2.75, 3.05) is 40.5 Å². The van der Waals surface area contributed by atoms with Crippen LogP contribution in [0.15, 0.2) is 12.1 Å². The van der Waals surface area contributed by atoms with E-state index in [1.54, 1.807) is 14.2 Å². The number of rotatable bonds is 8. The monoisotopic (exact) mass is 389 g/mol. The van der Waals surface area contributed by atoms with Gasteiger partial charge >= 0.3 is 0 Å². The predicted octanol–water partition coefficient (Wildman–Crippen LogP) is 4.96. The molecule has 28 heavy (non-hydrogen) atoms. The third-order valence-corrected chi connectivity index (χ3v) is 6.33. The van der Waals surface area contributed by atoms with Crippen LogP contribution >= 0.6 is 0 Å². The summed E-state index contributed by atoms with van der Waals surface area (Å²) in [6, 6.07) is 4.88. The van der Waals surface area contributed by atoms with Crippen molar-refractivity contribution in [3.63, 3.8) is 0 Å². The van der Waals surface area contributed by atoms with Crippen LogP contribution in [0.3, 0.4) is 0 Å². The van der Waals surface area contributed by atoms with Gasteiger partial charge in [0.15, 0.2) is 11.5 Å². The summed E-state index contributed by atoms with van der Waals surface area (Å²) in [6.07, 6.45) is 3.56. The number of piperidine rings is 1. The normalized spacial score (nSPS) is 24.9. The van der Waals surface area contributed by atoms with Gasteiger partial charge in [-0.25, -0.2) is 0 Å². The predicted molar refractivity (Wildman–Crippen MR) is 114 cm³/mol. The van der Waals surface area contributed by atoms with E-state index in [1.165, 1.54) is 30.5 Å². The summed E-state index contributed by atoms with van der Waals surface area (Å²) in [6.45, 7) is 13.2. The fourth-order valence-electron chi connectivity index (χ4n) is 5.04. The number of benzene rings is 1. The van der Waals surface area contributed by atoms with E-state index in [4.69, 9.17) is 14.2 Å². The molecule has 158 valence electrons. The first-order chi connectivity index (χ1) is 13.4. The number of hydrogen-bond donors (Lipinski definition) is 0. The van der Waals surface area contributed by atoms with Crippen molar-refractivity contribution < 1.29 is 14.2 Å². The Morgan fingerprint density at radius 3 is 2.36 bits per heavy atom. The summed E-state index contributed by atoms with van der Waals surface area (Å²) >= 11 is 0. The molecule has 4 heteroatoms. The molecule has 0 saturated carbocycles. The van der Waals surface area contributed by atoms with Gasteiger partial charge in [0.05, 0.1) is 14.2 Å². The molecule has 0 radical (unpaired) electrons. The van der Waals surface area contributed by atoms with Gasteiger partial charge in [-0.3, -0.25) is 4.90 Å². The molecule has 0 spiro atoms. The lowest BCUT2D eigenvalue weighted by Gasteiger charge is -2.47. The summed E-state index contributed by atoms with van der Waals surface area (Å²) < 4.78 is 17.3. The topological polar surface area (TPSA) is 30.9 Å². The van der Waals surface area contributed by atoms with Crippen molar-refractivity contribution in [3.8, 4) is 11.5 Å². The minimum absolute atomic E-state index is 0.472. The van der Waals surface area contributed by atoms with E-state index in [-0.39, 0.29) is 0 Å². The van der Waals surface area contributed by atoms with Crippen LogP contribution in [0.5, 0.6) is 11.5 Å². The van der Waals surface area contributed by atoms with Crippen LogP contribution in [-0.2, 0) is 11.2 Å². The number of hydrogen-bond acceptors (Lipinski definition) is 4. The fraction of sp³-hybridized carbons (Fsp3) is 0.750. The molecule has 1 fully saturated rings. The van der Waals surface area contributed by atoms with Crippen LogP contribution in [0.1, 0.15) is 57.7 Å². The van der Waals surface area contributed by atoms with Crippen LogP contribution in [0.4, 0.5) is 0 Å². The Kier molecular flexibility index (Phi) is 7.27. The second kappa shape index (κ2) is 9.49. The third kappa shape index (κ3) is 4.83. The van der Waals surface area contributed by atoms with Crippen LogP contribution < -0.4 is 9.47 Å². The summed E-state index contributed by atoms with van der Waals surface area (Å²) in [5.74, 6) is 4.37. The van der Waals surface area contributed by atoms with E-state index >= 15 is 0 Å². The van der Waals surface area contributed by atoms with Crippen LogP contribution in [-0.4, -0.2) is 45.4 Å². The van der Waals surface area contributed by atoms with Crippen molar-refractivity contribution in [1.82, 2.24) is 4.90 Å². The largest absolute Gasteiger partial charge is 0.493 e. The SMILES string of the molecule is COc1cc2c(cc1OC)C1C[C@@H](COCC(C)C)C(CC(C)C)CN1CC2. The van der Waals surface area contributed by atoms with Gasteiger partial charge in [-0.15, -0.1) is 0 Å². The lowest BCUT2D eigenvalue weighted by Crippen LogP contribution is -2.47. The van der Waals surface area contributed by atoms with Gasteiger partial charge in [0.1, 0.15) is 0 Å². The van der Waals surface area contributed by atoms with Crippen LogP contribution in [0.25, 0.3) is 0 Å². The second-order valence-corrected chi connectivity index (χ2v) is 9.48. The molecule has 1 aromatic carbocycles. The highest BCUT2D eigenvalue weighted by atomic mass is 16.5. The second-order valence-electron chi connectivity index (χ2n) is 9.48. The summed E-state index contributed by atoms with van der Waals surface area (Å²) in [7, 11) is 3.45. The van der Waals surface area contributed by atoms with Gasteiger partial charge in [0.25, 0.3) is 0 Å². The first kappa shape index (κ1) is 21.4. The van der Waals surface area contributed by atoms with Gasteiger partial charge in [-0.05, 0) is 66.2 Å². The molecule has 1 saturated heterocycles. The average molecular weight is 390 g/mol. The highest BCUT2D eigenvalue weighted by molar-refractivity contribution is 5.49. The molecular formula is C24H39NO3. The molecule has 3 atom stereocenters. The van der Waals surface area contributed by atoms with Gasteiger partial charge < -0.3 is 14.2 Å². The molecule has 1 aromatic rings. The van der Waals surface area contributed by atoms with Crippen molar-refractivity contribution in [1.29, 1.82) is 0 Å². The van der Waals surface area contributed by atoms with Gasteiger partial charge in [-0.2, -0.15) is 0 Å². The maximum Gasteiger partial charge on any atom is 0.161 e. The lowest BCUT2D eigenvalue weighted by atomic mass is 9.74. The molecule has 0 amide bonds. The Hall–Kier alpha value is -1.26. The first-order valence-electron chi connectivity index (χ1n) is 11.0. The lowest BCUT2D eigenvalue weighted by molar-refractivity contribution is -0.0106. The van der Waals surface area contributed by atoms with E-state index in [0.29, 0.717) is 17.9 Å². The highest BCUT2D eigenvalue weighted by Crippen LogP contribution is 2.45. The number of ether oxygens (including phenoxy) is 3. The molecule has 0 bridgehead atoms. The first-order valence-corrected chi connectivity index (χ1v) is 11.0. The summed E-state index contributed by atoms with van der Waals surface area (Å²) in [5, 5.41) is 0. The maximum atomic E-state index is 6.13. The van der Waals surface area contributed by atoms with Crippen molar-refractivity contribution in [2.45, 2.75) is 53.0 Å². The Balaban J connectivity index is 1.82. The minimum atomic E-state index is 0.472. The van der Waals surface area contributed by atoms with Gasteiger partial charge in [0, 0.05) is 32.3 Å². The van der Waals surface area contributed by atoms with Crippen molar-refractivity contribution in [2.24, 2.45) is 23.7 Å². The Morgan fingerprint density at radius 2 is 1.71 bits per heavy atom. The molecular weight excluding hydrogens is 350 g/mol. The highest BCUT2D eigenvalue weighted by Gasteiger charge is 2.39. The van der Waals surface area contributed by atoms with E-state index in [1.807, 2.05) is 0 Å². The molecule has 2 aliphatic heterocycles. The molecule has 0 aliphatic carbocycles. The Labute approximate surface area is 171 Å². The molecule has 3 rings (SSSR count). The molecule has 4 nitrogen and oxygen atoms in total. The van der Waals surface area contributed by atoms with E-state index < -0.39 is 0 Å². The zero-order valence-electron chi connectivity index (χ0n) is 18.7. The zero-order chi connectivity index (χ0) is 20.3. The fourth-order valence-corrected chi connectivity index (χ4v) is 5.04. The molecule has 0 N–H and O–H groups in total. The van der Waals surface area contributed by atoms with Crippen LogP contribution in [0.2, 0.25) is 0 Å². The zero-order valence-corrected chi connectivity index (χ0v) is 18.7. The van der Waals surface area contributed by atoms with E-state index in [9.17, 15) is 0 Å². The van der Waals surface area contributed by atoms with Gasteiger partial charge in [-0.1, -0.05) is 27.7 Å². The van der Waals surface area contributed by atoms with E-state index in [0.717, 1.165) is 49.5 Å².